The van der Waals surface area contributed by atoms with Crippen molar-refractivity contribution in [2.75, 3.05) is 0 Å². The smallest absolute Gasteiger partial charge is 0.310 e. The van der Waals surface area contributed by atoms with Gasteiger partial charge < -0.3 is 4.98 Å². The molecule has 0 fully saturated rings. The van der Waals surface area contributed by atoms with E-state index in [-0.39, 0.29) is 5.69 Å². The number of aryl methyl sites for hydroxylation is 1. The minimum Gasteiger partial charge on any atom is -0.310 e. The van der Waals surface area contributed by atoms with Gasteiger partial charge in [-0.1, -0.05) is 37.3 Å². The number of rotatable bonds is 3. The molecule has 0 amide bonds. The first-order chi connectivity index (χ1) is 7.29. The van der Waals surface area contributed by atoms with Crippen LogP contribution in [-0.2, 0) is 13.0 Å². The van der Waals surface area contributed by atoms with E-state index in [4.69, 9.17) is 0 Å². The molecule has 3 nitrogen and oxygen atoms in total. The summed E-state index contributed by atoms with van der Waals surface area (Å²) < 4.78 is 1.70. The Balaban J connectivity index is 2.25. The number of hydrogen-bond acceptors (Lipinski definition) is 1. The van der Waals surface area contributed by atoms with E-state index in [0.717, 1.165) is 17.7 Å². The lowest BCUT2D eigenvalue weighted by Crippen LogP contribution is -2.16. The van der Waals surface area contributed by atoms with Crippen molar-refractivity contribution in [3.63, 3.8) is 0 Å². The molecule has 0 saturated heterocycles. The first-order valence-corrected chi connectivity index (χ1v) is 5.12. The molecule has 78 valence electrons. The van der Waals surface area contributed by atoms with Crippen LogP contribution in [0.25, 0.3) is 0 Å². The van der Waals surface area contributed by atoms with Gasteiger partial charge in [-0.3, -0.25) is 4.57 Å². The molecule has 2 rings (SSSR count). The van der Waals surface area contributed by atoms with Crippen molar-refractivity contribution in [1.82, 2.24) is 9.55 Å². The maximum atomic E-state index is 11.5. The van der Waals surface area contributed by atoms with Crippen LogP contribution in [0.4, 0.5) is 0 Å². The van der Waals surface area contributed by atoms with E-state index in [0.29, 0.717) is 6.54 Å². The minimum atomic E-state index is -0.0318. The van der Waals surface area contributed by atoms with Gasteiger partial charge in [-0.25, -0.2) is 4.79 Å². The Kier molecular flexibility index (Phi) is 2.72. The Morgan fingerprint density at radius 3 is 2.60 bits per heavy atom. The van der Waals surface area contributed by atoms with Gasteiger partial charge in [0.1, 0.15) is 0 Å². The third-order valence-corrected chi connectivity index (χ3v) is 2.42. The number of benzene rings is 1. The first kappa shape index (κ1) is 9.77. The molecule has 2 aromatic rings. The van der Waals surface area contributed by atoms with Gasteiger partial charge in [0.15, 0.2) is 0 Å². The third-order valence-electron chi connectivity index (χ3n) is 2.42. The summed E-state index contributed by atoms with van der Waals surface area (Å²) in [7, 11) is 0. The van der Waals surface area contributed by atoms with Gasteiger partial charge in [0, 0.05) is 11.9 Å². The fourth-order valence-electron chi connectivity index (χ4n) is 1.57. The van der Waals surface area contributed by atoms with Gasteiger partial charge >= 0.3 is 5.69 Å². The molecule has 0 unspecified atom stereocenters. The van der Waals surface area contributed by atoms with E-state index in [1.54, 1.807) is 4.57 Å². The Hall–Kier alpha value is -1.77. The van der Waals surface area contributed by atoms with Crippen LogP contribution in [0.5, 0.6) is 0 Å². The van der Waals surface area contributed by atoms with Crippen molar-refractivity contribution >= 4 is 0 Å². The number of nitrogens with one attached hydrogen (secondary N) is 1. The highest BCUT2D eigenvalue weighted by Crippen LogP contribution is 2.01. The lowest BCUT2D eigenvalue weighted by Gasteiger charge is -2.00. The lowest BCUT2D eigenvalue weighted by molar-refractivity contribution is 0.762. The zero-order valence-corrected chi connectivity index (χ0v) is 8.73. The molecular formula is C12H14N2O. The molecule has 1 aromatic carbocycles. The second kappa shape index (κ2) is 4.17. The maximum Gasteiger partial charge on any atom is 0.326 e. The van der Waals surface area contributed by atoms with Crippen molar-refractivity contribution in [3.8, 4) is 0 Å². The van der Waals surface area contributed by atoms with Crippen LogP contribution < -0.4 is 5.69 Å². The van der Waals surface area contributed by atoms with Crippen molar-refractivity contribution in [1.29, 1.82) is 0 Å². The van der Waals surface area contributed by atoms with E-state index in [2.05, 4.69) is 4.98 Å². The van der Waals surface area contributed by atoms with E-state index >= 15 is 0 Å². The van der Waals surface area contributed by atoms with Crippen LogP contribution in [0.15, 0.2) is 41.3 Å². The summed E-state index contributed by atoms with van der Waals surface area (Å²) in [5.41, 5.74) is 2.09. The predicted molar refractivity (Wildman–Crippen MR) is 60.0 cm³/mol. The van der Waals surface area contributed by atoms with Gasteiger partial charge in [0.05, 0.1) is 6.54 Å². The number of aromatic nitrogens is 2. The maximum absolute atomic E-state index is 11.5. The second-order valence-electron chi connectivity index (χ2n) is 3.55. The average Bonchev–Trinajstić information content (AvgIpc) is 2.61. The van der Waals surface area contributed by atoms with Crippen molar-refractivity contribution in [2.24, 2.45) is 0 Å². The third kappa shape index (κ3) is 2.18. The number of nitrogens with zero attached hydrogens (tertiary/aromatic N) is 1. The summed E-state index contributed by atoms with van der Waals surface area (Å²) in [6.45, 7) is 2.66. The van der Waals surface area contributed by atoms with Gasteiger partial charge in [-0.05, 0) is 12.0 Å². The zero-order valence-electron chi connectivity index (χ0n) is 8.73. The SMILES string of the molecule is CCc1cn(Cc2ccccc2)c(=O)[nH]1. The van der Waals surface area contributed by atoms with Crippen molar-refractivity contribution < 1.29 is 0 Å². The average molecular weight is 202 g/mol. The Morgan fingerprint density at radius 1 is 1.27 bits per heavy atom. The van der Waals surface area contributed by atoms with Crippen LogP contribution in [0.3, 0.4) is 0 Å². The Labute approximate surface area is 88.4 Å². The summed E-state index contributed by atoms with van der Waals surface area (Å²) in [4.78, 5) is 14.3. The van der Waals surface area contributed by atoms with E-state index in [9.17, 15) is 4.79 Å². The summed E-state index contributed by atoms with van der Waals surface area (Å²) >= 11 is 0. The molecule has 1 N–H and O–H groups in total. The van der Waals surface area contributed by atoms with E-state index in [1.165, 1.54) is 0 Å². The molecule has 0 aliphatic carbocycles. The molecular weight excluding hydrogens is 188 g/mol. The number of H-pyrrole nitrogens is 1. The molecule has 0 spiro atoms. The normalized spacial score (nSPS) is 10.5. The molecule has 15 heavy (non-hydrogen) atoms. The van der Waals surface area contributed by atoms with Crippen LogP contribution in [0, 0.1) is 0 Å². The summed E-state index contributed by atoms with van der Waals surface area (Å²) in [6, 6.07) is 9.97. The fourth-order valence-corrected chi connectivity index (χ4v) is 1.57. The molecule has 0 aliphatic rings. The second-order valence-corrected chi connectivity index (χ2v) is 3.55. The molecule has 3 heteroatoms. The number of aromatic amines is 1. The summed E-state index contributed by atoms with van der Waals surface area (Å²) in [5.74, 6) is 0. The molecule has 0 saturated carbocycles. The highest BCUT2D eigenvalue weighted by atomic mass is 16.1. The monoisotopic (exact) mass is 202 g/mol. The van der Waals surface area contributed by atoms with Crippen LogP contribution >= 0.6 is 0 Å². The quantitative estimate of drug-likeness (QED) is 0.809. The van der Waals surface area contributed by atoms with E-state index < -0.39 is 0 Å². The number of hydrogen-bond donors (Lipinski definition) is 1. The molecule has 1 heterocycles. The predicted octanol–water partition coefficient (Wildman–Crippen LogP) is 1.79. The highest BCUT2D eigenvalue weighted by molar-refractivity contribution is 5.15. The fraction of sp³-hybridized carbons (Fsp3) is 0.250. The van der Waals surface area contributed by atoms with Crippen molar-refractivity contribution in [2.45, 2.75) is 19.9 Å². The van der Waals surface area contributed by atoms with Crippen LogP contribution in [0.1, 0.15) is 18.2 Å². The number of imidazole rings is 1. The van der Waals surface area contributed by atoms with Gasteiger partial charge in [0.2, 0.25) is 0 Å². The zero-order chi connectivity index (χ0) is 10.7. The standard InChI is InChI=1S/C12H14N2O/c1-2-11-9-14(12(15)13-11)8-10-6-4-3-5-7-10/h3-7,9H,2,8H2,1H3,(H,13,15). The van der Waals surface area contributed by atoms with Gasteiger partial charge in [-0.15, -0.1) is 0 Å². The van der Waals surface area contributed by atoms with Gasteiger partial charge in [0.25, 0.3) is 0 Å². The van der Waals surface area contributed by atoms with Crippen LogP contribution in [-0.4, -0.2) is 9.55 Å². The summed E-state index contributed by atoms with van der Waals surface area (Å²) in [5, 5.41) is 0. The largest absolute Gasteiger partial charge is 0.326 e. The van der Waals surface area contributed by atoms with Crippen molar-refractivity contribution in [3.05, 3.63) is 58.3 Å². The minimum absolute atomic E-state index is 0.0318. The molecule has 0 radical (unpaired) electrons. The molecule has 1 aromatic heterocycles. The molecule has 0 atom stereocenters. The highest BCUT2D eigenvalue weighted by Gasteiger charge is 2.01. The van der Waals surface area contributed by atoms with Gasteiger partial charge in [-0.2, -0.15) is 0 Å². The first-order valence-electron chi connectivity index (χ1n) is 5.12. The van der Waals surface area contributed by atoms with E-state index in [1.807, 2.05) is 43.5 Å². The Bertz CT molecular complexity index is 482. The Morgan fingerprint density at radius 2 is 2.00 bits per heavy atom. The van der Waals surface area contributed by atoms with Crippen LogP contribution in [0.2, 0.25) is 0 Å². The summed E-state index contributed by atoms with van der Waals surface area (Å²) in [6.07, 6.45) is 2.74. The molecule has 0 bridgehead atoms. The molecule has 0 aliphatic heterocycles. The topological polar surface area (TPSA) is 37.8 Å². The lowest BCUT2D eigenvalue weighted by atomic mass is 10.2.